The number of aromatic nitrogens is 4. The number of likely N-dealkylation sites (tertiary alicyclic amines) is 1. The summed E-state index contributed by atoms with van der Waals surface area (Å²) < 4.78 is 35.6. The molecule has 5 aromatic rings. The maximum absolute atomic E-state index is 14.0. The minimum Gasteiger partial charge on any atom is -0.491 e. The van der Waals surface area contributed by atoms with Crippen molar-refractivity contribution in [1.29, 1.82) is 5.26 Å². The van der Waals surface area contributed by atoms with Crippen molar-refractivity contribution in [3.8, 4) is 22.9 Å². The molecule has 3 fully saturated rings. The lowest BCUT2D eigenvalue weighted by Gasteiger charge is -2.67. The fourth-order valence-electron chi connectivity index (χ4n) is 7.84. The first-order valence-corrected chi connectivity index (χ1v) is 17.3. The Hall–Kier alpha value is -4.71. The first-order chi connectivity index (χ1) is 23.8. The van der Waals surface area contributed by atoms with Crippen LogP contribution in [-0.4, -0.2) is 79.7 Å². The molecule has 264 valence electrons. The van der Waals surface area contributed by atoms with Crippen LogP contribution in [0.25, 0.3) is 32.2 Å². The normalized spacial score (nSPS) is 18.4. The van der Waals surface area contributed by atoms with Crippen LogP contribution in [0, 0.1) is 23.7 Å². The van der Waals surface area contributed by atoms with Gasteiger partial charge in [0.1, 0.15) is 35.6 Å². The van der Waals surface area contributed by atoms with Gasteiger partial charge in [0.05, 0.1) is 39.4 Å². The molecule has 0 bridgehead atoms. The summed E-state index contributed by atoms with van der Waals surface area (Å²) in [5, 5.41) is 22.0. The smallest absolute Gasteiger partial charge is 0.338 e. The molecule has 1 aromatic carbocycles. The van der Waals surface area contributed by atoms with Gasteiger partial charge in [-0.05, 0) is 38.1 Å². The van der Waals surface area contributed by atoms with Crippen LogP contribution < -0.4 is 15.2 Å². The quantitative estimate of drug-likeness (QED) is 0.185. The highest BCUT2D eigenvalue weighted by atomic mass is 35.5. The number of ether oxygens (including phenoxy) is 1. The maximum atomic E-state index is 14.0. The van der Waals surface area contributed by atoms with Gasteiger partial charge >= 0.3 is 5.97 Å². The van der Waals surface area contributed by atoms with Crippen LogP contribution >= 0.6 is 22.9 Å². The summed E-state index contributed by atoms with van der Waals surface area (Å²) in [6.07, 6.45) is 2.83. The highest BCUT2D eigenvalue weighted by Gasteiger charge is 2.63. The summed E-state index contributed by atoms with van der Waals surface area (Å²) in [4.78, 5) is 43.2. The predicted molar refractivity (Wildman–Crippen MR) is 191 cm³/mol. The first kappa shape index (κ1) is 34.7. The van der Waals surface area contributed by atoms with E-state index in [1.165, 1.54) is 22.1 Å². The number of carbonyl (C=O) groups is 1. The van der Waals surface area contributed by atoms with Crippen molar-refractivity contribution < 1.29 is 23.4 Å². The molecular formula is C36H34ClF2N7O4S. The van der Waals surface area contributed by atoms with E-state index in [0.29, 0.717) is 62.4 Å². The lowest BCUT2D eigenvalue weighted by atomic mass is 9.65. The number of nitriles is 1. The van der Waals surface area contributed by atoms with Crippen LogP contribution in [-0.2, 0) is 6.54 Å². The maximum Gasteiger partial charge on any atom is 0.338 e. The van der Waals surface area contributed by atoms with Crippen molar-refractivity contribution in [1.82, 2.24) is 24.4 Å². The number of hydrogen-bond donors (Lipinski definition) is 1. The van der Waals surface area contributed by atoms with E-state index in [-0.39, 0.29) is 60.9 Å². The number of thiophene rings is 1. The molecule has 2 saturated heterocycles. The number of anilines is 1. The lowest BCUT2D eigenvalue weighted by Crippen LogP contribution is -2.78. The van der Waals surface area contributed by atoms with E-state index in [2.05, 4.69) is 25.9 Å². The summed E-state index contributed by atoms with van der Waals surface area (Å²) >= 11 is 7.64. The third kappa shape index (κ3) is 5.68. The van der Waals surface area contributed by atoms with Crippen molar-refractivity contribution in [3.63, 3.8) is 0 Å². The number of carboxylic acid groups (broad SMARTS) is 1. The van der Waals surface area contributed by atoms with E-state index < -0.39 is 17.4 Å². The molecule has 8 rings (SSSR count). The summed E-state index contributed by atoms with van der Waals surface area (Å²) in [5.41, 5.74) is 1.44. The summed E-state index contributed by atoms with van der Waals surface area (Å²) in [6.45, 7) is 6.51. The molecule has 0 atom stereocenters. The van der Waals surface area contributed by atoms with Crippen molar-refractivity contribution in [2.45, 2.75) is 52.1 Å². The minimum atomic E-state index is -2.59. The van der Waals surface area contributed by atoms with E-state index in [0.717, 1.165) is 13.1 Å². The lowest BCUT2D eigenvalue weighted by molar-refractivity contribution is -0.209. The number of aromatic carboxylic acids is 1. The Balaban J connectivity index is 0.00000406. The fraction of sp³-hybridized carbons (Fsp3) is 0.389. The largest absolute Gasteiger partial charge is 0.491 e. The molecule has 0 amide bonds. The van der Waals surface area contributed by atoms with Crippen LogP contribution in [0.4, 0.5) is 14.6 Å². The number of nitrogens with zero attached hydrogens (tertiary/aromatic N) is 7. The highest BCUT2D eigenvalue weighted by molar-refractivity contribution is 7.18. The number of pyridine rings is 2. The van der Waals surface area contributed by atoms with Crippen LogP contribution in [0.3, 0.4) is 0 Å². The Morgan fingerprint density at radius 1 is 1.16 bits per heavy atom. The molecule has 1 N–H and O–H groups in total. The molecule has 51 heavy (non-hydrogen) atoms. The summed E-state index contributed by atoms with van der Waals surface area (Å²) in [6, 6.07) is 9.12. The molecule has 3 aliphatic rings. The molecule has 1 saturated carbocycles. The second kappa shape index (κ2) is 12.2. The number of fused-ring (bicyclic) bond motifs is 2. The van der Waals surface area contributed by atoms with Gasteiger partial charge in [-0.25, -0.2) is 23.5 Å². The van der Waals surface area contributed by atoms with Gasteiger partial charge in [-0.1, -0.05) is 19.0 Å². The Morgan fingerprint density at radius 2 is 1.90 bits per heavy atom. The number of halogens is 3. The van der Waals surface area contributed by atoms with Gasteiger partial charge in [0.15, 0.2) is 0 Å². The molecule has 11 nitrogen and oxygen atoms in total. The van der Waals surface area contributed by atoms with Crippen molar-refractivity contribution in [2.24, 2.45) is 5.41 Å². The third-order valence-electron chi connectivity index (χ3n) is 10.2. The monoisotopic (exact) mass is 733 g/mol. The topological polar surface area (TPSA) is 137 Å². The zero-order valence-electron chi connectivity index (χ0n) is 27.0. The summed E-state index contributed by atoms with van der Waals surface area (Å²) in [5.74, 6) is -2.31. The van der Waals surface area contributed by atoms with E-state index >= 15 is 0 Å². The number of hydrogen-bond acceptors (Lipinski definition) is 10. The molecular weight excluding hydrogens is 700 g/mol. The van der Waals surface area contributed by atoms with Gasteiger partial charge < -0.3 is 14.7 Å². The summed E-state index contributed by atoms with van der Waals surface area (Å²) in [7, 11) is 0. The Morgan fingerprint density at radius 3 is 2.59 bits per heavy atom. The zero-order chi connectivity index (χ0) is 35.2. The van der Waals surface area contributed by atoms with Crippen LogP contribution in [0.15, 0.2) is 46.8 Å². The average Bonchev–Trinajstić information content (AvgIpc) is 3.46. The second-order valence-corrected chi connectivity index (χ2v) is 15.2. The van der Waals surface area contributed by atoms with Crippen LogP contribution in [0.1, 0.15) is 48.9 Å². The Kier molecular flexibility index (Phi) is 8.32. The van der Waals surface area contributed by atoms with E-state index in [1.807, 2.05) is 11.8 Å². The average molecular weight is 734 g/mol. The predicted octanol–water partition coefficient (Wildman–Crippen LogP) is 6.62. The molecule has 1 aliphatic carbocycles. The van der Waals surface area contributed by atoms with E-state index in [4.69, 9.17) is 16.3 Å². The van der Waals surface area contributed by atoms with Gasteiger partial charge in [0.25, 0.3) is 11.5 Å². The number of aryl methyl sites for hydroxylation is 1. The molecule has 6 heterocycles. The molecule has 2 aliphatic heterocycles. The van der Waals surface area contributed by atoms with Crippen LogP contribution in [0.2, 0.25) is 5.02 Å². The standard InChI is InChI=1S/C35H30ClF2N7O4S.CH4/c1-19-42-25-11-41-30(43-15-34(16-43)17-44(18-34)33(2)13-35(37,38)14-33)23(10-39)27(25)31(46)45(19)7-8-49-26-4-3-20(36)9-22(26)21-5-6-40-28-24(32(47)48)12-50-29(21)28;/h3-6,9,11-12H,7-8,13-18H2,1-2H3,(H,47,48);1H4. The fourth-order valence-corrected chi connectivity index (χ4v) is 9.04. The SMILES string of the molecule is C.Cc1nc2cnc(N3CC4(C3)CN(C3(C)CC(F)(F)C3)C4)c(C#N)c2c(=O)n1CCOc1ccc(Cl)cc1-c1ccnc2c(C(=O)O)csc12. The van der Waals surface area contributed by atoms with Gasteiger partial charge in [0.2, 0.25) is 0 Å². The van der Waals surface area contributed by atoms with Crippen molar-refractivity contribution in [3.05, 3.63) is 74.4 Å². The Labute approximate surface area is 300 Å². The van der Waals surface area contributed by atoms with Gasteiger partial charge in [0, 0.05) is 77.7 Å². The van der Waals surface area contributed by atoms with Crippen molar-refractivity contribution in [2.75, 3.05) is 37.7 Å². The Bertz CT molecular complexity index is 2330. The van der Waals surface area contributed by atoms with Crippen LogP contribution in [0.5, 0.6) is 5.75 Å². The molecule has 15 heteroatoms. The number of benzene rings is 1. The first-order valence-electron chi connectivity index (χ1n) is 16.0. The molecule has 0 unspecified atom stereocenters. The minimum absolute atomic E-state index is 0. The molecule has 1 spiro atoms. The molecule has 0 radical (unpaired) electrons. The second-order valence-electron chi connectivity index (χ2n) is 13.8. The highest BCUT2D eigenvalue weighted by Crippen LogP contribution is 2.54. The van der Waals surface area contributed by atoms with Gasteiger partial charge in [-0.2, -0.15) is 5.26 Å². The van der Waals surface area contributed by atoms with E-state index in [9.17, 15) is 28.7 Å². The van der Waals surface area contributed by atoms with Gasteiger partial charge in [-0.15, -0.1) is 11.3 Å². The van der Waals surface area contributed by atoms with E-state index in [1.54, 1.807) is 42.8 Å². The molecule has 4 aromatic heterocycles. The van der Waals surface area contributed by atoms with Crippen molar-refractivity contribution >= 4 is 55.8 Å². The zero-order valence-corrected chi connectivity index (χ0v) is 28.6. The number of carboxylic acids is 1. The number of rotatable bonds is 8. The van der Waals surface area contributed by atoms with Gasteiger partial charge in [-0.3, -0.25) is 19.2 Å². The number of alkyl halides is 2. The third-order valence-corrected chi connectivity index (χ3v) is 11.5.